The third-order valence-electron chi connectivity index (χ3n) is 3.37. The molecule has 5 heteroatoms. The van der Waals surface area contributed by atoms with Gasteiger partial charge in [-0.15, -0.1) is 0 Å². The van der Waals surface area contributed by atoms with Crippen molar-refractivity contribution in [2.24, 2.45) is 0 Å². The van der Waals surface area contributed by atoms with Gasteiger partial charge in [-0.05, 0) is 46.1 Å². The molecule has 0 bridgehead atoms. The maximum Gasteiger partial charge on any atom is 0.139 e. The minimum Gasteiger partial charge on any atom is -0.487 e. The molecule has 1 fully saturated rings. The molecule has 1 saturated heterocycles. The molecule has 0 aromatic carbocycles. The number of pyridine rings is 2. The van der Waals surface area contributed by atoms with Gasteiger partial charge in [0.25, 0.3) is 0 Å². The largest absolute Gasteiger partial charge is 0.487 e. The van der Waals surface area contributed by atoms with Gasteiger partial charge in [-0.2, -0.15) is 0 Å². The lowest BCUT2D eigenvalue weighted by Gasteiger charge is -2.16. The molecule has 2 aromatic heterocycles. The standard InChI is InChI=1S/C15H16BrN3O/c16-13-7-15(9-18-8-13)20-14-3-6-19(11-14)10-12-1-4-17-5-2-12/h1-2,4-5,7-9,14H,3,6,10-11H2. The van der Waals surface area contributed by atoms with Crippen LogP contribution in [0.2, 0.25) is 0 Å². The Morgan fingerprint density at radius 2 is 2.10 bits per heavy atom. The van der Waals surface area contributed by atoms with Crippen LogP contribution in [0.3, 0.4) is 0 Å². The number of hydrogen-bond donors (Lipinski definition) is 0. The predicted octanol–water partition coefficient (Wildman–Crippen LogP) is 2.89. The molecule has 0 spiro atoms. The lowest BCUT2D eigenvalue weighted by atomic mass is 10.2. The first kappa shape index (κ1) is 13.5. The quantitative estimate of drug-likeness (QED) is 0.862. The molecule has 20 heavy (non-hydrogen) atoms. The second-order valence-electron chi connectivity index (χ2n) is 4.96. The highest BCUT2D eigenvalue weighted by molar-refractivity contribution is 9.10. The van der Waals surface area contributed by atoms with Crippen molar-refractivity contribution in [1.82, 2.24) is 14.9 Å². The molecule has 0 N–H and O–H groups in total. The van der Waals surface area contributed by atoms with E-state index < -0.39 is 0 Å². The van der Waals surface area contributed by atoms with Crippen molar-refractivity contribution in [1.29, 1.82) is 0 Å². The molecular weight excluding hydrogens is 318 g/mol. The van der Waals surface area contributed by atoms with E-state index in [-0.39, 0.29) is 6.10 Å². The summed E-state index contributed by atoms with van der Waals surface area (Å²) in [4.78, 5) is 10.6. The predicted molar refractivity (Wildman–Crippen MR) is 80.5 cm³/mol. The lowest BCUT2D eigenvalue weighted by Crippen LogP contribution is -2.24. The van der Waals surface area contributed by atoms with Crippen molar-refractivity contribution in [3.8, 4) is 5.75 Å². The third-order valence-corrected chi connectivity index (χ3v) is 3.80. The van der Waals surface area contributed by atoms with E-state index in [9.17, 15) is 0 Å². The van der Waals surface area contributed by atoms with Crippen LogP contribution >= 0.6 is 15.9 Å². The van der Waals surface area contributed by atoms with Gasteiger partial charge in [-0.1, -0.05) is 0 Å². The van der Waals surface area contributed by atoms with Crippen molar-refractivity contribution < 1.29 is 4.74 Å². The smallest absolute Gasteiger partial charge is 0.139 e. The van der Waals surface area contributed by atoms with Crippen molar-refractivity contribution in [2.45, 2.75) is 19.1 Å². The highest BCUT2D eigenvalue weighted by atomic mass is 79.9. The van der Waals surface area contributed by atoms with Crippen LogP contribution in [-0.4, -0.2) is 34.1 Å². The number of nitrogens with zero attached hydrogens (tertiary/aromatic N) is 3. The van der Waals surface area contributed by atoms with Crippen LogP contribution in [0.1, 0.15) is 12.0 Å². The van der Waals surface area contributed by atoms with E-state index in [1.807, 2.05) is 18.5 Å². The van der Waals surface area contributed by atoms with Gasteiger partial charge in [0.15, 0.2) is 0 Å². The Kier molecular flexibility index (Phi) is 4.28. The Labute approximate surface area is 126 Å². The zero-order valence-corrected chi connectivity index (χ0v) is 12.7. The monoisotopic (exact) mass is 333 g/mol. The molecule has 4 nitrogen and oxygen atoms in total. The Morgan fingerprint density at radius 3 is 2.90 bits per heavy atom. The number of likely N-dealkylation sites (tertiary alicyclic amines) is 1. The van der Waals surface area contributed by atoms with Crippen LogP contribution in [0.25, 0.3) is 0 Å². The second-order valence-corrected chi connectivity index (χ2v) is 5.87. The second kappa shape index (κ2) is 6.33. The minimum atomic E-state index is 0.243. The summed E-state index contributed by atoms with van der Waals surface area (Å²) in [6.45, 7) is 2.97. The maximum atomic E-state index is 5.98. The summed E-state index contributed by atoms with van der Waals surface area (Å²) in [5.74, 6) is 0.829. The molecule has 1 atom stereocenters. The Hall–Kier alpha value is -1.46. The van der Waals surface area contributed by atoms with Crippen LogP contribution in [0, 0.1) is 0 Å². The van der Waals surface area contributed by atoms with Gasteiger partial charge in [0, 0.05) is 42.7 Å². The average molecular weight is 334 g/mol. The maximum absolute atomic E-state index is 5.98. The summed E-state index contributed by atoms with van der Waals surface area (Å²) < 4.78 is 6.92. The molecule has 1 aliphatic heterocycles. The summed E-state index contributed by atoms with van der Waals surface area (Å²) >= 11 is 3.41. The van der Waals surface area contributed by atoms with Crippen LogP contribution in [0.4, 0.5) is 0 Å². The SMILES string of the molecule is Brc1cncc(OC2CCN(Cc3ccncc3)C2)c1. The van der Waals surface area contributed by atoms with Gasteiger partial charge in [0.05, 0.1) is 6.20 Å². The molecule has 2 aromatic rings. The highest BCUT2D eigenvalue weighted by Crippen LogP contribution is 2.21. The van der Waals surface area contributed by atoms with E-state index in [2.05, 4.69) is 42.9 Å². The normalized spacial score (nSPS) is 19.1. The first-order valence-electron chi connectivity index (χ1n) is 6.68. The summed E-state index contributed by atoms with van der Waals surface area (Å²) in [6, 6.07) is 6.08. The van der Waals surface area contributed by atoms with Crippen LogP contribution in [0.15, 0.2) is 47.5 Å². The average Bonchev–Trinajstić information content (AvgIpc) is 2.87. The molecule has 3 rings (SSSR count). The summed E-state index contributed by atoms with van der Waals surface area (Å²) in [5.41, 5.74) is 1.30. The van der Waals surface area contributed by atoms with E-state index in [1.54, 1.807) is 12.4 Å². The Morgan fingerprint density at radius 1 is 1.25 bits per heavy atom. The van der Waals surface area contributed by atoms with Crippen LogP contribution < -0.4 is 4.74 Å². The van der Waals surface area contributed by atoms with Crippen LogP contribution in [-0.2, 0) is 6.54 Å². The van der Waals surface area contributed by atoms with E-state index in [1.165, 1.54) is 5.56 Å². The Balaban J connectivity index is 1.54. The van der Waals surface area contributed by atoms with Crippen molar-refractivity contribution >= 4 is 15.9 Å². The fraction of sp³-hybridized carbons (Fsp3) is 0.333. The summed E-state index contributed by atoms with van der Waals surface area (Å²) in [5, 5.41) is 0. The number of halogens is 1. The van der Waals surface area contributed by atoms with Gasteiger partial charge in [-0.25, -0.2) is 0 Å². The van der Waals surface area contributed by atoms with E-state index in [4.69, 9.17) is 4.74 Å². The van der Waals surface area contributed by atoms with Crippen LogP contribution in [0.5, 0.6) is 5.75 Å². The van der Waals surface area contributed by atoms with Crippen molar-refractivity contribution in [3.05, 3.63) is 53.0 Å². The fourth-order valence-corrected chi connectivity index (χ4v) is 2.78. The number of ether oxygens (including phenoxy) is 1. The molecule has 1 unspecified atom stereocenters. The van der Waals surface area contributed by atoms with Gasteiger partial charge in [0.1, 0.15) is 11.9 Å². The minimum absolute atomic E-state index is 0.243. The molecule has 3 heterocycles. The van der Waals surface area contributed by atoms with E-state index >= 15 is 0 Å². The first-order valence-corrected chi connectivity index (χ1v) is 7.47. The zero-order chi connectivity index (χ0) is 13.8. The lowest BCUT2D eigenvalue weighted by molar-refractivity contribution is 0.197. The molecule has 0 aliphatic carbocycles. The summed E-state index contributed by atoms with van der Waals surface area (Å²) in [7, 11) is 0. The third kappa shape index (κ3) is 3.55. The van der Waals surface area contributed by atoms with Gasteiger partial charge in [-0.3, -0.25) is 14.9 Å². The fourth-order valence-electron chi connectivity index (χ4n) is 2.43. The number of rotatable bonds is 4. The molecule has 0 amide bonds. The molecule has 104 valence electrons. The molecule has 0 radical (unpaired) electrons. The number of hydrogen-bond acceptors (Lipinski definition) is 4. The molecule has 0 saturated carbocycles. The zero-order valence-electron chi connectivity index (χ0n) is 11.1. The number of aromatic nitrogens is 2. The topological polar surface area (TPSA) is 38.2 Å². The Bertz CT molecular complexity index is 564. The first-order chi connectivity index (χ1) is 9.79. The summed E-state index contributed by atoms with van der Waals surface area (Å²) in [6.07, 6.45) is 8.50. The highest BCUT2D eigenvalue weighted by Gasteiger charge is 2.24. The molecular formula is C15H16BrN3O. The van der Waals surface area contributed by atoms with Crippen molar-refractivity contribution in [2.75, 3.05) is 13.1 Å². The van der Waals surface area contributed by atoms with E-state index in [0.717, 1.165) is 36.3 Å². The molecule has 1 aliphatic rings. The van der Waals surface area contributed by atoms with Gasteiger partial charge < -0.3 is 4.74 Å². The van der Waals surface area contributed by atoms with E-state index in [0.29, 0.717) is 0 Å². The van der Waals surface area contributed by atoms with Gasteiger partial charge >= 0.3 is 0 Å². The van der Waals surface area contributed by atoms with Crippen molar-refractivity contribution in [3.63, 3.8) is 0 Å². The van der Waals surface area contributed by atoms with Gasteiger partial charge in [0.2, 0.25) is 0 Å².